The van der Waals surface area contributed by atoms with Crippen molar-refractivity contribution in [1.29, 1.82) is 0 Å². The van der Waals surface area contributed by atoms with Crippen molar-refractivity contribution in [3.63, 3.8) is 0 Å². The molecule has 0 aliphatic heterocycles. The van der Waals surface area contributed by atoms with Gasteiger partial charge in [-0.2, -0.15) is 0 Å². The van der Waals surface area contributed by atoms with Crippen LogP contribution in [0.1, 0.15) is 11.1 Å². The molecule has 0 saturated carbocycles. The number of rotatable bonds is 7. The Bertz CT molecular complexity index is 827. The smallest absolute Gasteiger partial charge is 0.211 e. The highest BCUT2D eigenvalue weighted by Gasteiger charge is 2.05. The van der Waals surface area contributed by atoms with Gasteiger partial charge in [-0.25, -0.2) is 0 Å². The van der Waals surface area contributed by atoms with Crippen LogP contribution in [-0.4, -0.2) is 45.2 Å². The molecule has 0 amide bonds. The molecule has 150 valence electrons. The maximum atomic E-state index is 7.00. The molecule has 0 aromatic heterocycles. The van der Waals surface area contributed by atoms with E-state index < -0.39 is 0 Å². The lowest BCUT2D eigenvalue weighted by molar-refractivity contribution is 0.399. The van der Waals surface area contributed by atoms with Crippen molar-refractivity contribution in [1.82, 2.24) is 0 Å². The number of nitrogens with two attached hydrogens (primary N) is 2. The Morgan fingerprint density at radius 1 is 0.857 bits per heavy atom. The van der Waals surface area contributed by atoms with Gasteiger partial charge in [0.1, 0.15) is 17.2 Å². The van der Waals surface area contributed by atoms with Crippen LogP contribution in [0.15, 0.2) is 58.7 Å². The lowest BCUT2D eigenvalue weighted by Crippen LogP contribution is -2.22. The van der Waals surface area contributed by atoms with Gasteiger partial charge in [0.2, 0.25) is 5.96 Å². The molecule has 2 aromatic rings. The highest BCUT2D eigenvalue weighted by Crippen LogP contribution is 2.25. The van der Waals surface area contributed by atoms with Gasteiger partial charge in [-0.05, 0) is 54.6 Å². The summed E-state index contributed by atoms with van der Waals surface area (Å²) in [6.07, 6.45) is 3.65. The zero-order valence-corrected chi connectivity index (χ0v) is 16.4. The second kappa shape index (κ2) is 12.0. The van der Waals surface area contributed by atoms with Crippen LogP contribution in [-0.2, 0) is 0 Å². The number of aliphatic hydroxyl groups excluding tert-OH is 1. The number of nitrogens with zero attached hydrogens (tertiary/aromatic N) is 2. The summed E-state index contributed by atoms with van der Waals surface area (Å²) in [4.78, 5) is 0. The largest absolute Gasteiger partial charge is 0.497 e. The van der Waals surface area contributed by atoms with Gasteiger partial charge in [0.05, 0.1) is 27.0 Å². The summed E-state index contributed by atoms with van der Waals surface area (Å²) in [6, 6.07) is 12.9. The molecule has 0 spiro atoms. The summed E-state index contributed by atoms with van der Waals surface area (Å²) >= 11 is 0. The van der Waals surface area contributed by atoms with Crippen LogP contribution in [0.2, 0.25) is 0 Å². The first-order chi connectivity index (χ1) is 13.6. The molecule has 8 nitrogen and oxygen atoms in total. The normalized spacial score (nSPS) is 10.7. The van der Waals surface area contributed by atoms with Gasteiger partial charge in [-0.3, -0.25) is 0 Å². The van der Waals surface area contributed by atoms with E-state index in [1.54, 1.807) is 27.4 Å². The Kier molecular flexibility index (Phi) is 9.63. The number of hydrogen-bond acceptors (Lipinski definition) is 6. The SMILES string of the molecule is CO.COc1ccc(C(/C=C/c2cc(OC)ccc2OC)=N/N=C(N)N)cc1. The number of methoxy groups -OCH3 is 3. The first kappa shape index (κ1) is 22.5. The van der Waals surface area contributed by atoms with E-state index >= 15 is 0 Å². The van der Waals surface area contributed by atoms with E-state index in [4.69, 9.17) is 30.8 Å². The Morgan fingerprint density at radius 3 is 2.00 bits per heavy atom. The third-order valence-corrected chi connectivity index (χ3v) is 3.52. The molecule has 0 saturated heterocycles. The van der Waals surface area contributed by atoms with Crippen LogP contribution in [0.4, 0.5) is 0 Å². The van der Waals surface area contributed by atoms with Gasteiger partial charge in [-0.15, -0.1) is 10.2 Å². The predicted octanol–water partition coefficient (Wildman–Crippen LogP) is 2.01. The summed E-state index contributed by atoms with van der Waals surface area (Å²) in [7, 11) is 5.83. The van der Waals surface area contributed by atoms with Gasteiger partial charge >= 0.3 is 0 Å². The maximum Gasteiger partial charge on any atom is 0.211 e. The molecule has 8 heteroatoms. The molecule has 5 N–H and O–H groups in total. The summed E-state index contributed by atoms with van der Waals surface area (Å²) < 4.78 is 15.8. The zero-order chi connectivity index (χ0) is 20.9. The quantitative estimate of drug-likeness (QED) is 0.380. The van der Waals surface area contributed by atoms with Crippen LogP contribution in [0.25, 0.3) is 6.08 Å². The fourth-order valence-electron chi connectivity index (χ4n) is 2.20. The van der Waals surface area contributed by atoms with E-state index in [9.17, 15) is 0 Å². The van der Waals surface area contributed by atoms with E-state index in [0.29, 0.717) is 11.5 Å². The minimum Gasteiger partial charge on any atom is -0.497 e. The average molecular weight is 386 g/mol. The summed E-state index contributed by atoms with van der Waals surface area (Å²) in [6.45, 7) is 0. The monoisotopic (exact) mass is 386 g/mol. The maximum absolute atomic E-state index is 7.00. The number of allylic oxidation sites excluding steroid dienone is 1. The van der Waals surface area contributed by atoms with E-state index in [2.05, 4.69) is 10.2 Å². The molecule has 0 radical (unpaired) electrons. The molecule has 2 aromatic carbocycles. The van der Waals surface area contributed by atoms with E-state index in [1.165, 1.54) is 0 Å². The Morgan fingerprint density at radius 2 is 1.46 bits per heavy atom. The van der Waals surface area contributed by atoms with Gasteiger partial charge in [0.15, 0.2) is 0 Å². The zero-order valence-electron chi connectivity index (χ0n) is 16.4. The molecule has 0 heterocycles. The minimum absolute atomic E-state index is 0.122. The molecule has 28 heavy (non-hydrogen) atoms. The van der Waals surface area contributed by atoms with Crippen molar-refractivity contribution in [2.24, 2.45) is 21.7 Å². The Balaban J connectivity index is 0.00000190. The lowest BCUT2D eigenvalue weighted by atomic mass is 10.1. The van der Waals surface area contributed by atoms with Gasteiger partial charge in [-0.1, -0.05) is 0 Å². The summed E-state index contributed by atoms with van der Waals surface area (Å²) in [5, 5.41) is 14.9. The molecule has 0 bridgehead atoms. The molecular weight excluding hydrogens is 360 g/mol. The van der Waals surface area contributed by atoms with Crippen LogP contribution >= 0.6 is 0 Å². The lowest BCUT2D eigenvalue weighted by Gasteiger charge is -2.07. The fraction of sp³-hybridized carbons (Fsp3) is 0.200. The van der Waals surface area contributed by atoms with Crippen molar-refractivity contribution in [3.05, 3.63) is 59.7 Å². The van der Waals surface area contributed by atoms with Crippen molar-refractivity contribution < 1.29 is 19.3 Å². The number of benzene rings is 2. The van der Waals surface area contributed by atoms with Crippen LogP contribution in [0.5, 0.6) is 17.2 Å². The van der Waals surface area contributed by atoms with Crippen molar-refractivity contribution in [3.8, 4) is 17.2 Å². The molecule has 0 atom stereocenters. The topological polar surface area (TPSA) is 125 Å². The first-order valence-corrected chi connectivity index (χ1v) is 8.23. The third-order valence-electron chi connectivity index (χ3n) is 3.52. The van der Waals surface area contributed by atoms with Crippen LogP contribution in [0, 0.1) is 0 Å². The first-order valence-electron chi connectivity index (χ1n) is 8.23. The highest BCUT2D eigenvalue weighted by atomic mass is 16.5. The van der Waals surface area contributed by atoms with Crippen LogP contribution < -0.4 is 25.7 Å². The van der Waals surface area contributed by atoms with Gasteiger partial charge < -0.3 is 30.8 Å². The standard InChI is InChI=1S/C19H22N4O3.CH4O/c1-24-15-7-4-13(5-8-15)17(22-23-19(20)21)10-6-14-12-16(25-2)9-11-18(14)26-3;1-2/h4-12H,1-3H3,(H4,20,21,23);2H,1H3/b10-6+,22-17+;. The number of aliphatic hydroxyl groups is 1. The number of ether oxygens (including phenoxy) is 3. The molecule has 0 fully saturated rings. The van der Waals surface area contributed by atoms with Gasteiger partial charge in [0, 0.05) is 18.2 Å². The third kappa shape index (κ3) is 6.65. The number of hydrogen-bond donors (Lipinski definition) is 3. The average Bonchev–Trinajstić information content (AvgIpc) is 2.75. The van der Waals surface area contributed by atoms with E-state index in [0.717, 1.165) is 29.7 Å². The summed E-state index contributed by atoms with van der Waals surface area (Å²) in [5.41, 5.74) is 13.0. The fourth-order valence-corrected chi connectivity index (χ4v) is 2.20. The highest BCUT2D eigenvalue weighted by molar-refractivity contribution is 6.11. The van der Waals surface area contributed by atoms with Crippen LogP contribution in [0.3, 0.4) is 0 Å². The minimum atomic E-state index is -0.122. The molecule has 0 aliphatic rings. The van der Waals surface area contributed by atoms with Crippen molar-refractivity contribution in [2.75, 3.05) is 28.4 Å². The Labute approximate surface area is 164 Å². The second-order valence-corrected chi connectivity index (χ2v) is 5.18. The second-order valence-electron chi connectivity index (χ2n) is 5.18. The molecule has 0 unspecified atom stereocenters. The van der Waals surface area contributed by atoms with E-state index in [1.807, 2.05) is 48.5 Å². The molecular formula is C20H26N4O4. The number of guanidine groups is 1. The molecule has 0 aliphatic carbocycles. The predicted molar refractivity (Wildman–Crippen MR) is 112 cm³/mol. The molecule has 2 rings (SSSR count). The van der Waals surface area contributed by atoms with E-state index in [-0.39, 0.29) is 5.96 Å². The van der Waals surface area contributed by atoms with Gasteiger partial charge in [0.25, 0.3) is 0 Å². The van der Waals surface area contributed by atoms with Crippen molar-refractivity contribution in [2.45, 2.75) is 0 Å². The van der Waals surface area contributed by atoms with Crippen molar-refractivity contribution >= 4 is 17.7 Å². The summed E-state index contributed by atoms with van der Waals surface area (Å²) in [5.74, 6) is 2.05. The Hall–Kier alpha value is -3.52.